The first-order chi connectivity index (χ1) is 9.73. The number of sulfonamides is 1. The fraction of sp³-hybridized carbons (Fsp3) is 0.615. The van der Waals surface area contributed by atoms with Gasteiger partial charge in [-0.1, -0.05) is 0 Å². The highest BCUT2D eigenvalue weighted by molar-refractivity contribution is 7.89. The normalized spacial score (nSPS) is 19.1. The summed E-state index contributed by atoms with van der Waals surface area (Å²) in [7, 11) is -0.714. The van der Waals surface area contributed by atoms with Gasteiger partial charge in [-0.15, -0.1) is 12.4 Å². The standard InChI is InChI=1S/C13H21N3O4S.ClH/c1-9-8-16(6-5-14-9)13(17)11-7-12(10(2)20-11)21(18,19)15(3)4;/h7,9,14H,5-6,8H2,1-4H3;1H. The van der Waals surface area contributed by atoms with E-state index in [4.69, 9.17) is 4.42 Å². The predicted molar refractivity (Wildman–Crippen MR) is 84.9 cm³/mol. The summed E-state index contributed by atoms with van der Waals surface area (Å²) in [5.41, 5.74) is 0. The number of rotatable bonds is 3. The maximum absolute atomic E-state index is 12.4. The molecule has 9 heteroatoms. The number of nitrogens with one attached hydrogen (secondary N) is 1. The Morgan fingerprint density at radius 3 is 2.64 bits per heavy atom. The van der Waals surface area contributed by atoms with Gasteiger partial charge in [0.05, 0.1) is 0 Å². The van der Waals surface area contributed by atoms with Gasteiger partial charge in [0.15, 0.2) is 5.76 Å². The summed E-state index contributed by atoms with van der Waals surface area (Å²) >= 11 is 0. The maximum atomic E-state index is 12.4. The summed E-state index contributed by atoms with van der Waals surface area (Å²) in [4.78, 5) is 14.1. The van der Waals surface area contributed by atoms with Gasteiger partial charge in [-0.25, -0.2) is 12.7 Å². The summed E-state index contributed by atoms with van der Waals surface area (Å²) in [5.74, 6) is 0.0314. The average Bonchev–Trinajstić information content (AvgIpc) is 2.80. The summed E-state index contributed by atoms with van der Waals surface area (Å²) in [5, 5.41) is 3.25. The van der Waals surface area contributed by atoms with Crippen LogP contribution in [0.15, 0.2) is 15.4 Å². The van der Waals surface area contributed by atoms with E-state index in [-0.39, 0.29) is 40.8 Å². The van der Waals surface area contributed by atoms with E-state index in [1.165, 1.54) is 20.2 Å². The lowest BCUT2D eigenvalue weighted by atomic mass is 10.2. The van der Waals surface area contributed by atoms with Crippen molar-refractivity contribution in [3.8, 4) is 0 Å². The van der Waals surface area contributed by atoms with Crippen LogP contribution in [0.2, 0.25) is 0 Å². The van der Waals surface area contributed by atoms with Crippen LogP contribution in [0.1, 0.15) is 23.2 Å². The highest BCUT2D eigenvalue weighted by Crippen LogP contribution is 2.23. The lowest BCUT2D eigenvalue weighted by molar-refractivity contribution is 0.0675. The monoisotopic (exact) mass is 351 g/mol. The third-order valence-corrected chi connectivity index (χ3v) is 5.42. The number of aryl methyl sites for hydroxylation is 1. The highest BCUT2D eigenvalue weighted by atomic mass is 35.5. The molecule has 1 amide bonds. The molecule has 2 heterocycles. The largest absolute Gasteiger partial charge is 0.455 e. The third kappa shape index (κ3) is 3.62. The number of nitrogens with zero attached hydrogens (tertiary/aromatic N) is 2. The van der Waals surface area contributed by atoms with E-state index in [9.17, 15) is 13.2 Å². The minimum atomic E-state index is -3.61. The molecule has 1 aromatic heterocycles. The molecule has 0 aliphatic carbocycles. The van der Waals surface area contributed by atoms with Gasteiger partial charge in [0.25, 0.3) is 5.91 Å². The topological polar surface area (TPSA) is 82.9 Å². The number of hydrogen-bond acceptors (Lipinski definition) is 5. The molecule has 1 aliphatic heterocycles. The van der Waals surface area contributed by atoms with Crippen LogP contribution in [0.3, 0.4) is 0 Å². The Kier molecular flexibility index (Phi) is 6.03. The molecule has 1 aromatic rings. The molecule has 1 atom stereocenters. The molecule has 1 aliphatic rings. The zero-order valence-electron chi connectivity index (χ0n) is 13.1. The molecule has 0 bridgehead atoms. The van der Waals surface area contributed by atoms with Crippen molar-refractivity contribution >= 4 is 28.3 Å². The first-order valence-corrected chi connectivity index (χ1v) is 8.23. The Morgan fingerprint density at radius 2 is 2.09 bits per heavy atom. The van der Waals surface area contributed by atoms with Crippen LogP contribution in [0.5, 0.6) is 0 Å². The van der Waals surface area contributed by atoms with Crippen LogP contribution in [-0.2, 0) is 10.0 Å². The van der Waals surface area contributed by atoms with Gasteiger partial charge in [0.2, 0.25) is 10.0 Å². The predicted octanol–water partition coefficient (Wildman–Crippen LogP) is 0.694. The van der Waals surface area contributed by atoms with E-state index in [1.807, 2.05) is 6.92 Å². The molecule has 1 fully saturated rings. The van der Waals surface area contributed by atoms with Crippen molar-refractivity contribution in [3.05, 3.63) is 17.6 Å². The van der Waals surface area contributed by atoms with Crippen molar-refractivity contribution < 1.29 is 17.6 Å². The summed E-state index contributed by atoms with van der Waals surface area (Å²) in [6, 6.07) is 1.53. The number of hydrogen-bond donors (Lipinski definition) is 1. The van der Waals surface area contributed by atoms with E-state index in [2.05, 4.69) is 5.32 Å². The second kappa shape index (κ2) is 6.99. The smallest absolute Gasteiger partial charge is 0.289 e. The molecular formula is C13H22ClN3O4S. The fourth-order valence-corrected chi connectivity index (χ4v) is 3.35. The summed E-state index contributed by atoms with van der Waals surface area (Å²) in [6.07, 6.45) is 0. The molecule has 126 valence electrons. The molecule has 1 saturated heterocycles. The fourth-order valence-electron chi connectivity index (χ4n) is 2.30. The van der Waals surface area contributed by atoms with E-state index in [0.717, 1.165) is 10.8 Å². The zero-order chi connectivity index (χ0) is 15.8. The van der Waals surface area contributed by atoms with Crippen molar-refractivity contribution in [2.24, 2.45) is 0 Å². The number of halogens is 1. The molecule has 7 nitrogen and oxygen atoms in total. The Morgan fingerprint density at radius 1 is 1.45 bits per heavy atom. The van der Waals surface area contributed by atoms with Crippen LogP contribution in [0.4, 0.5) is 0 Å². The van der Waals surface area contributed by atoms with Crippen molar-refractivity contribution in [1.29, 1.82) is 0 Å². The molecule has 0 spiro atoms. The molecular weight excluding hydrogens is 330 g/mol. The number of carbonyl (C=O) groups excluding carboxylic acids is 1. The first kappa shape index (κ1) is 19.0. The van der Waals surface area contributed by atoms with Crippen molar-refractivity contribution in [2.75, 3.05) is 33.7 Å². The van der Waals surface area contributed by atoms with Crippen LogP contribution >= 0.6 is 12.4 Å². The Hall–Kier alpha value is -1.09. The lowest BCUT2D eigenvalue weighted by Crippen LogP contribution is -2.51. The molecule has 22 heavy (non-hydrogen) atoms. The van der Waals surface area contributed by atoms with Gasteiger partial charge < -0.3 is 14.6 Å². The van der Waals surface area contributed by atoms with Crippen molar-refractivity contribution in [2.45, 2.75) is 24.8 Å². The Labute approximate surface area is 137 Å². The van der Waals surface area contributed by atoms with E-state index < -0.39 is 10.0 Å². The van der Waals surface area contributed by atoms with Crippen LogP contribution in [0.25, 0.3) is 0 Å². The summed E-state index contributed by atoms with van der Waals surface area (Å²) < 4.78 is 30.8. The summed E-state index contributed by atoms with van der Waals surface area (Å²) in [6.45, 7) is 5.42. The Balaban J connectivity index is 0.00000242. The second-order valence-corrected chi connectivity index (χ2v) is 7.55. The Bertz CT molecular complexity index is 642. The molecule has 0 aromatic carbocycles. The van der Waals surface area contributed by atoms with Gasteiger partial charge in [-0.2, -0.15) is 0 Å². The third-order valence-electron chi connectivity index (χ3n) is 3.50. The molecule has 1 N–H and O–H groups in total. The van der Waals surface area contributed by atoms with E-state index in [1.54, 1.807) is 11.8 Å². The molecule has 0 radical (unpaired) electrons. The second-order valence-electron chi connectivity index (χ2n) is 5.42. The molecule has 2 rings (SSSR count). The molecule has 0 saturated carbocycles. The lowest BCUT2D eigenvalue weighted by Gasteiger charge is -2.31. The minimum absolute atomic E-state index is 0. The van der Waals surface area contributed by atoms with Gasteiger partial charge in [0, 0.05) is 45.8 Å². The van der Waals surface area contributed by atoms with Gasteiger partial charge >= 0.3 is 0 Å². The SMILES string of the molecule is Cc1oc(C(=O)N2CCNC(C)C2)cc1S(=O)(=O)N(C)C.Cl. The highest BCUT2D eigenvalue weighted by Gasteiger charge is 2.29. The number of amides is 1. The number of furan rings is 1. The average molecular weight is 352 g/mol. The quantitative estimate of drug-likeness (QED) is 0.866. The van der Waals surface area contributed by atoms with Crippen molar-refractivity contribution in [3.63, 3.8) is 0 Å². The van der Waals surface area contributed by atoms with Crippen molar-refractivity contribution in [1.82, 2.24) is 14.5 Å². The van der Waals surface area contributed by atoms with Gasteiger partial charge in [-0.3, -0.25) is 4.79 Å². The van der Waals surface area contributed by atoms with Gasteiger partial charge in [-0.05, 0) is 13.8 Å². The van der Waals surface area contributed by atoms with E-state index in [0.29, 0.717) is 13.1 Å². The minimum Gasteiger partial charge on any atom is -0.455 e. The number of carbonyl (C=O) groups is 1. The van der Waals surface area contributed by atoms with E-state index >= 15 is 0 Å². The zero-order valence-corrected chi connectivity index (χ0v) is 14.8. The van der Waals surface area contributed by atoms with Crippen LogP contribution in [0, 0.1) is 6.92 Å². The number of piperazine rings is 1. The van der Waals surface area contributed by atoms with Crippen LogP contribution in [-0.4, -0.2) is 63.3 Å². The van der Waals surface area contributed by atoms with Gasteiger partial charge in [0.1, 0.15) is 10.7 Å². The van der Waals surface area contributed by atoms with Crippen LogP contribution < -0.4 is 5.32 Å². The first-order valence-electron chi connectivity index (χ1n) is 6.79. The maximum Gasteiger partial charge on any atom is 0.289 e. The molecule has 1 unspecified atom stereocenters.